The van der Waals surface area contributed by atoms with E-state index in [1.165, 1.54) is 0 Å². The van der Waals surface area contributed by atoms with Crippen molar-refractivity contribution in [1.29, 1.82) is 0 Å². The van der Waals surface area contributed by atoms with Crippen molar-refractivity contribution in [3.63, 3.8) is 0 Å². The zero-order valence-electron chi connectivity index (χ0n) is 27.4. The van der Waals surface area contributed by atoms with E-state index in [2.05, 4.69) is 9.97 Å². The van der Waals surface area contributed by atoms with Gasteiger partial charge in [-0.1, -0.05) is 24.3 Å². The highest BCUT2D eigenvalue weighted by Crippen LogP contribution is 2.72. The van der Waals surface area contributed by atoms with E-state index in [0.717, 1.165) is 36.5 Å². The van der Waals surface area contributed by atoms with Crippen LogP contribution < -0.4 is 0 Å². The van der Waals surface area contributed by atoms with E-state index in [4.69, 9.17) is 0 Å². The summed E-state index contributed by atoms with van der Waals surface area (Å²) in [5, 5.41) is -0.0443. The number of thiazole rings is 2. The molecule has 3 aliphatic rings. The van der Waals surface area contributed by atoms with Crippen LogP contribution in [-0.2, 0) is 25.2 Å². The highest BCUT2D eigenvalue weighted by atomic mass is 32.2. The van der Waals surface area contributed by atoms with E-state index in [1.54, 1.807) is 48.5 Å². The van der Waals surface area contributed by atoms with Crippen molar-refractivity contribution in [2.75, 3.05) is 0 Å². The summed E-state index contributed by atoms with van der Waals surface area (Å²) in [5.74, 6) is -17.2. The van der Waals surface area contributed by atoms with Crippen LogP contribution in [0.15, 0.2) is 69.5 Å². The molecule has 0 fully saturated rings. The zero-order valence-corrected chi connectivity index (χ0v) is 32.3. The Bertz CT molecular complexity index is 2380. The topological polar surface area (TPSA) is 25.8 Å². The second-order valence-electron chi connectivity index (χ2n) is 13.6. The molecule has 0 amide bonds. The Morgan fingerprint density at radius 1 is 0.545 bits per heavy atom. The van der Waals surface area contributed by atoms with E-state index < -0.39 is 84.5 Å². The van der Waals surface area contributed by atoms with Crippen LogP contribution in [0, 0.1) is 0 Å². The smallest absolute Gasteiger partial charge is 0.235 e. The number of hydrogen-bond donors (Lipinski definition) is 0. The Morgan fingerprint density at radius 2 is 0.909 bits per heavy atom. The van der Waals surface area contributed by atoms with Gasteiger partial charge in [0.25, 0.3) is 0 Å². The number of alkyl halides is 12. The number of para-hydroxylation sites is 2. The summed E-state index contributed by atoms with van der Waals surface area (Å²) in [6.45, 7) is 1.82. The van der Waals surface area contributed by atoms with Gasteiger partial charge < -0.3 is 0 Å². The van der Waals surface area contributed by atoms with E-state index in [-0.39, 0.29) is 53.0 Å². The molecule has 6 heterocycles. The van der Waals surface area contributed by atoms with Gasteiger partial charge in [-0.25, -0.2) is 9.97 Å². The third-order valence-corrected chi connectivity index (χ3v) is 17.7. The van der Waals surface area contributed by atoms with Crippen LogP contribution >= 0.6 is 68.9 Å². The summed E-state index contributed by atoms with van der Waals surface area (Å²) >= 11 is 3.32. The normalized spacial score (nSPS) is 24.4. The maximum absolute atomic E-state index is 16.2. The molecule has 55 heavy (non-hydrogen) atoms. The second kappa shape index (κ2) is 11.7. The van der Waals surface area contributed by atoms with Gasteiger partial charge in [0.1, 0.15) is 10.0 Å². The van der Waals surface area contributed by atoms with Crippen LogP contribution in [0.25, 0.3) is 40.2 Å². The van der Waals surface area contributed by atoms with Crippen molar-refractivity contribution < 1.29 is 52.7 Å². The number of thioether (sulfide) groups is 2. The predicted octanol–water partition coefficient (Wildman–Crippen LogP) is 14.1. The summed E-state index contributed by atoms with van der Waals surface area (Å²) < 4.78 is 181. The first-order chi connectivity index (χ1) is 25.5. The number of hydrogen-bond acceptors (Lipinski definition) is 8. The largest absolute Gasteiger partial charge is 0.418 e. The first-order valence-corrected chi connectivity index (χ1v) is 20.8. The fourth-order valence-electron chi connectivity index (χ4n) is 7.56. The van der Waals surface area contributed by atoms with Gasteiger partial charge in [0.05, 0.1) is 50.8 Å². The van der Waals surface area contributed by atoms with Gasteiger partial charge in [-0.05, 0) is 38.1 Å². The monoisotopic (exact) mass is 886 g/mol. The molecule has 2 aromatic carbocycles. The molecule has 0 bridgehead atoms. The van der Waals surface area contributed by atoms with Crippen molar-refractivity contribution in [2.45, 2.75) is 76.1 Å². The van der Waals surface area contributed by atoms with Gasteiger partial charge in [-0.2, -0.15) is 52.7 Å². The maximum Gasteiger partial charge on any atom is 0.418 e. The minimum Gasteiger partial charge on any atom is -0.235 e. The van der Waals surface area contributed by atoms with Crippen LogP contribution in [-0.4, -0.2) is 37.2 Å². The minimum absolute atomic E-state index is 0.0221. The average molecular weight is 887 g/mol. The van der Waals surface area contributed by atoms with E-state index in [1.807, 2.05) is 0 Å². The third-order valence-electron chi connectivity index (χ3n) is 9.78. The Labute approximate surface area is 326 Å². The molecule has 0 N–H and O–H groups in total. The standard InChI is InChI=1S/C35H18F12N2S6/c1-29(11-17-21(54-29)19(33(40,41)42)23(50-17)27-48-13-7-3-5-9-15(13)52-27)25-26(32(38,39)35(46,47)31(25,36)37)30(2)12-18-22(55-30)20(34(43,44)45)24(51-18)28-49-14-8-4-6-10-16(14)53-28/h3-10H,11-12H2,1-2H3. The van der Waals surface area contributed by atoms with Crippen molar-refractivity contribution >= 4 is 89.3 Å². The first-order valence-electron chi connectivity index (χ1n) is 15.9. The predicted molar refractivity (Wildman–Crippen MR) is 194 cm³/mol. The summed E-state index contributed by atoms with van der Waals surface area (Å²) in [6, 6.07) is 13.1. The molecule has 0 spiro atoms. The van der Waals surface area contributed by atoms with Crippen LogP contribution in [0.2, 0.25) is 0 Å². The van der Waals surface area contributed by atoms with Crippen molar-refractivity contribution in [3.05, 3.63) is 80.6 Å². The molecule has 9 rings (SSSR count). The molecule has 288 valence electrons. The number of aromatic nitrogens is 2. The lowest BCUT2D eigenvalue weighted by atomic mass is 9.84. The molecule has 20 heteroatoms. The molecule has 0 saturated carbocycles. The summed E-state index contributed by atoms with van der Waals surface area (Å²) in [6.07, 6.45) is -11.7. The fraction of sp³-hybridized carbons (Fsp3) is 0.314. The molecular formula is C35H18F12N2S6. The number of benzene rings is 2. The number of rotatable bonds is 4. The third kappa shape index (κ3) is 5.29. The van der Waals surface area contributed by atoms with E-state index in [0.29, 0.717) is 43.1 Å². The Balaban J connectivity index is 1.18. The highest BCUT2D eigenvalue weighted by molar-refractivity contribution is 8.02. The molecule has 4 aromatic heterocycles. The summed E-state index contributed by atoms with van der Waals surface area (Å²) in [5.41, 5.74) is -5.23. The van der Waals surface area contributed by atoms with Gasteiger partial charge >= 0.3 is 30.1 Å². The van der Waals surface area contributed by atoms with Crippen molar-refractivity contribution in [2.24, 2.45) is 0 Å². The summed E-state index contributed by atoms with van der Waals surface area (Å²) in [4.78, 5) is 6.52. The SMILES string of the molecule is CC1(C2=C(C3(C)Cc4sc(-c5nc6ccccc6s5)c(C(F)(F)F)c4S3)C(F)(F)C(F)(F)C2(F)F)Cc2sc(-c3nc4ccccc4s3)c(C(F)(F)F)c2S1. The minimum atomic E-state index is -6.05. The Morgan fingerprint density at radius 3 is 1.25 bits per heavy atom. The lowest BCUT2D eigenvalue weighted by Gasteiger charge is -2.34. The van der Waals surface area contributed by atoms with Crippen LogP contribution in [0.3, 0.4) is 0 Å². The molecule has 2 aliphatic heterocycles. The number of halogens is 12. The molecule has 6 aromatic rings. The fourth-order valence-corrected chi connectivity index (χ4v) is 16.2. The maximum atomic E-state index is 16.2. The van der Waals surface area contributed by atoms with Crippen molar-refractivity contribution in [3.8, 4) is 19.8 Å². The highest BCUT2D eigenvalue weighted by Gasteiger charge is 2.84. The number of nitrogens with zero attached hydrogens (tertiary/aromatic N) is 2. The molecular weight excluding hydrogens is 869 g/mol. The van der Waals surface area contributed by atoms with Crippen molar-refractivity contribution in [1.82, 2.24) is 9.97 Å². The van der Waals surface area contributed by atoms with Gasteiger partial charge in [-0.15, -0.1) is 68.9 Å². The van der Waals surface area contributed by atoms with Crippen LogP contribution in [0.4, 0.5) is 52.7 Å². The van der Waals surface area contributed by atoms with E-state index >= 15 is 26.3 Å². The quantitative estimate of drug-likeness (QED) is 0.130. The Hall–Kier alpha value is -2.78. The van der Waals surface area contributed by atoms with Crippen LogP contribution in [0.5, 0.6) is 0 Å². The number of thiophene rings is 2. The second-order valence-corrected chi connectivity index (χ2v) is 20.9. The molecule has 0 saturated heterocycles. The summed E-state index contributed by atoms with van der Waals surface area (Å²) in [7, 11) is 0. The first kappa shape index (κ1) is 37.8. The molecule has 0 radical (unpaired) electrons. The Kier molecular flexibility index (Phi) is 8.01. The van der Waals surface area contributed by atoms with E-state index in [9.17, 15) is 26.3 Å². The number of fused-ring (bicyclic) bond motifs is 4. The average Bonchev–Trinajstić information content (AvgIpc) is 3.90. The molecule has 2 unspecified atom stereocenters. The van der Waals surface area contributed by atoms with Gasteiger partial charge in [0.15, 0.2) is 0 Å². The lowest BCUT2D eigenvalue weighted by molar-refractivity contribution is -0.266. The van der Waals surface area contributed by atoms with Crippen LogP contribution in [0.1, 0.15) is 34.7 Å². The lowest BCUT2D eigenvalue weighted by Crippen LogP contribution is -2.51. The molecule has 1 aliphatic carbocycles. The van der Waals surface area contributed by atoms with Gasteiger partial charge in [0.2, 0.25) is 0 Å². The van der Waals surface area contributed by atoms with Gasteiger partial charge in [-0.3, -0.25) is 0 Å². The molecule has 2 atom stereocenters. The van der Waals surface area contributed by atoms with Gasteiger partial charge in [0, 0.05) is 43.5 Å². The molecule has 2 nitrogen and oxygen atoms in total. The zero-order chi connectivity index (χ0) is 39.5.